The van der Waals surface area contributed by atoms with Gasteiger partial charge < -0.3 is 11.1 Å². The molecule has 0 aliphatic carbocycles. The van der Waals surface area contributed by atoms with Gasteiger partial charge in [0, 0.05) is 12.6 Å². The Morgan fingerprint density at radius 3 is 3.06 bits per heavy atom. The van der Waals surface area contributed by atoms with Crippen LogP contribution < -0.4 is 11.1 Å². The van der Waals surface area contributed by atoms with Gasteiger partial charge in [0.2, 0.25) is 5.91 Å². The van der Waals surface area contributed by atoms with E-state index in [1.807, 2.05) is 6.92 Å². The summed E-state index contributed by atoms with van der Waals surface area (Å²) in [5.74, 6) is 2.40. The molecule has 1 heterocycles. The van der Waals surface area contributed by atoms with Gasteiger partial charge in [-0.1, -0.05) is 12.3 Å². The maximum atomic E-state index is 11.8. The standard InChI is InChI=1S/C12H21N3O/c1-3-7-14-12(16)10(2)15-8-5-4-6-11(15)9-13/h1,10-11H,4-9,13H2,2H3,(H,14,16). The van der Waals surface area contributed by atoms with Crippen molar-refractivity contribution in [2.24, 2.45) is 5.73 Å². The SMILES string of the molecule is C#CCNC(=O)C(C)N1CCCCC1CN. The molecular weight excluding hydrogens is 202 g/mol. The summed E-state index contributed by atoms with van der Waals surface area (Å²) in [6, 6.07) is 0.197. The molecule has 4 nitrogen and oxygen atoms in total. The maximum Gasteiger partial charge on any atom is 0.237 e. The van der Waals surface area contributed by atoms with Gasteiger partial charge in [-0.2, -0.15) is 0 Å². The number of nitrogens with zero attached hydrogens (tertiary/aromatic N) is 1. The number of amides is 1. The summed E-state index contributed by atoms with van der Waals surface area (Å²) in [5, 5.41) is 2.72. The first-order valence-corrected chi connectivity index (χ1v) is 5.87. The van der Waals surface area contributed by atoms with Crippen LogP contribution in [0, 0.1) is 12.3 Å². The Hall–Kier alpha value is -1.05. The lowest BCUT2D eigenvalue weighted by Gasteiger charge is -2.38. The highest BCUT2D eigenvalue weighted by Gasteiger charge is 2.28. The third kappa shape index (κ3) is 3.22. The smallest absolute Gasteiger partial charge is 0.237 e. The van der Waals surface area contributed by atoms with E-state index < -0.39 is 0 Å². The zero-order valence-corrected chi connectivity index (χ0v) is 9.91. The summed E-state index contributed by atoms with van der Waals surface area (Å²) in [6.07, 6.45) is 8.54. The number of rotatable bonds is 4. The van der Waals surface area contributed by atoms with Crippen molar-refractivity contribution in [1.82, 2.24) is 10.2 Å². The molecule has 90 valence electrons. The Kier molecular flexibility index (Phi) is 5.30. The number of terminal acetylenes is 1. The average Bonchev–Trinajstić information content (AvgIpc) is 2.34. The lowest BCUT2D eigenvalue weighted by molar-refractivity contribution is -0.127. The zero-order valence-electron chi connectivity index (χ0n) is 9.91. The number of likely N-dealkylation sites (tertiary alicyclic amines) is 1. The minimum Gasteiger partial charge on any atom is -0.344 e. The monoisotopic (exact) mass is 223 g/mol. The summed E-state index contributed by atoms with van der Waals surface area (Å²) in [7, 11) is 0. The molecule has 4 heteroatoms. The first-order valence-electron chi connectivity index (χ1n) is 5.87. The van der Waals surface area contributed by atoms with Crippen LogP contribution in [0.15, 0.2) is 0 Å². The first kappa shape index (κ1) is 13.0. The zero-order chi connectivity index (χ0) is 12.0. The van der Waals surface area contributed by atoms with Crippen LogP contribution in [0.25, 0.3) is 0 Å². The van der Waals surface area contributed by atoms with Gasteiger partial charge in [-0.25, -0.2) is 0 Å². The highest BCUT2D eigenvalue weighted by molar-refractivity contribution is 5.81. The third-order valence-corrected chi connectivity index (χ3v) is 3.19. The number of hydrogen-bond acceptors (Lipinski definition) is 3. The van der Waals surface area contributed by atoms with Crippen molar-refractivity contribution in [2.45, 2.75) is 38.3 Å². The van der Waals surface area contributed by atoms with Crippen LogP contribution in [0.1, 0.15) is 26.2 Å². The van der Waals surface area contributed by atoms with E-state index in [0.717, 1.165) is 19.4 Å². The minimum atomic E-state index is -0.137. The van der Waals surface area contributed by atoms with Gasteiger partial charge in [-0.15, -0.1) is 6.42 Å². The molecule has 0 aromatic heterocycles. The van der Waals surface area contributed by atoms with E-state index in [0.29, 0.717) is 19.1 Å². The van der Waals surface area contributed by atoms with Crippen molar-refractivity contribution in [3.8, 4) is 12.3 Å². The largest absolute Gasteiger partial charge is 0.344 e. The van der Waals surface area contributed by atoms with E-state index in [1.54, 1.807) is 0 Å². The number of nitrogens with one attached hydrogen (secondary N) is 1. The van der Waals surface area contributed by atoms with E-state index in [-0.39, 0.29) is 11.9 Å². The van der Waals surface area contributed by atoms with Gasteiger partial charge in [0.1, 0.15) is 0 Å². The average molecular weight is 223 g/mol. The molecule has 0 aromatic carbocycles. The molecule has 1 aliphatic heterocycles. The Balaban J connectivity index is 2.53. The molecule has 1 rings (SSSR count). The van der Waals surface area contributed by atoms with Gasteiger partial charge in [-0.05, 0) is 26.3 Å². The number of carbonyl (C=O) groups is 1. The quantitative estimate of drug-likeness (QED) is 0.656. The van der Waals surface area contributed by atoms with E-state index in [1.165, 1.54) is 6.42 Å². The van der Waals surface area contributed by atoms with Crippen molar-refractivity contribution >= 4 is 5.91 Å². The Morgan fingerprint density at radius 1 is 1.69 bits per heavy atom. The Bertz CT molecular complexity index is 272. The molecular formula is C12H21N3O. The summed E-state index contributed by atoms with van der Waals surface area (Å²) in [5.41, 5.74) is 5.73. The van der Waals surface area contributed by atoms with Gasteiger partial charge in [0.05, 0.1) is 12.6 Å². The fourth-order valence-electron chi connectivity index (χ4n) is 2.22. The number of carbonyl (C=O) groups excluding carboxylic acids is 1. The lowest BCUT2D eigenvalue weighted by atomic mass is 10.00. The summed E-state index contributed by atoms with van der Waals surface area (Å²) in [6.45, 7) is 3.78. The fraction of sp³-hybridized carbons (Fsp3) is 0.750. The predicted molar refractivity (Wildman–Crippen MR) is 64.7 cm³/mol. The van der Waals surface area contributed by atoms with Crippen molar-refractivity contribution in [3.05, 3.63) is 0 Å². The van der Waals surface area contributed by atoms with E-state index >= 15 is 0 Å². The molecule has 16 heavy (non-hydrogen) atoms. The van der Waals surface area contributed by atoms with Crippen LogP contribution in [0.4, 0.5) is 0 Å². The van der Waals surface area contributed by atoms with Gasteiger partial charge in [-0.3, -0.25) is 9.69 Å². The molecule has 0 saturated carbocycles. The van der Waals surface area contributed by atoms with Crippen LogP contribution in [0.2, 0.25) is 0 Å². The van der Waals surface area contributed by atoms with Crippen LogP contribution >= 0.6 is 0 Å². The highest BCUT2D eigenvalue weighted by Crippen LogP contribution is 2.18. The van der Waals surface area contributed by atoms with Crippen molar-refractivity contribution in [3.63, 3.8) is 0 Å². The molecule has 0 radical (unpaired) electrons. The van der Waals surface area contributed by atoms with Gasteiger partial charge in [0.25, 0.3) is 0 Å². The molecule has 2 unspecified atom stereocenters. The third-order valence-electron chi connectivity index (χ3n) is 3.19. The topological polar surface area (TPSA) is 58.4 Å². The molecule has 0 bridgehead atoms. The second kappa shape index (κ2) is 6.51. The Morgan fingerprint density at radius 2 is 2.44 bits per heavy atom. The number of piperidine rings is 1. The second-order valence-corrected chi connectivity index (χ2v) is 4.22. The first-order chi connectivity index (χ1) is 7.70. The Labute approximate surface area is 97.6 Å². The number of hydrogen-bond donors (Lipinski definition) is 2. The van der Waals surface area contributed by atoms with Crippen molar-refractivity contribution < 1.29 is 4.79 Å². The number of nitrogens with two attached hydrogens (primary N) is 1. The molecule has 1 aliphatic rings. The second-order valence-electron chi connectivity index (χ2n) is 4.22. The maximum absolute atomic E-state index is 11.8. The summed E-state index contributed by atoms with van der Waals surface area (Å²) in [4.78, 5) is 14.0. The molecule has 1 amide bonds. The molecule has 0 aromatic rings. The van der Waals surface area contributed by atoms with E-state index in [9.17, 15) is 4.79 Å². The van der Waals surface area contributed by atoms with Crippen LogP contribution in [-0.2, 0) is 4.79 Å². The van der Waals surface area contributed by atoms with Crippen LogP contribution in [0.3, 0.4) is 0 Å². The molecule has 1 fully saturated rings. The van der Waals surface area contributed by atoms with E-state index in [2.05, 4.69) is 16.1 Å². The molecule has 1 saturated heterocycles. The molecule has 2 atom stereocenters. The normalized spacial score (nSPS) is 23.4. The molecule has 0 spiro atoms. The lowest BCUT2D eigenvalue weighted by Crippen LogP contribution is -2.53. The minimum absolute atomic E-state index is 0.00157. The van der Waals surface area contributed by atoms with Gasteiger partial charge >= 0.3 is 0 Å². The van der Waals surface area contributed by atoms with Crippen LogP contribution in [0.5, 0.6) is 0 Å². The van der Waals surface area contributed by atoms with Gasteiger partial charge in [0.15, 0.2) is 0 Å². The van der Waals surface area contributed by atoms with Crippen LogP contribution in [-0.4, -0.2) is 42.5 Å². The predicted octanol–water partition coefficient (Wildman–Crippen LogP) is -0.0625. The molecule has 3 N–H and O–H groups in total. The summed E-state index contributed by atoms with van der Waals surface area (Å²) < 4.78 is 0. The fourth-order valence-corrected chi connectivity index (χ4v) is 2.22. The highest BCUT2D eigenvalue weighted by atomic mass is 16.2. The van der Waals surface area contributed by atoms with Crippen molar-refractivity contribution in [2.75, 3.05) is 19.6 Å². The van der Waals surface area contributed by atoms with Crippen molar-refractivity contribution in [1.29, 1.82) is 0 Å². The summed E-state index contributed by atoms with van der Waals surface area (Å²) >= 11 is 0. The van der Waals surface area contributed by atoms with E-state index in [4.69, 9.17) is 12.2 Å².